The van der Waals surface area contributed by atoms with Crippen molar-refractivity contribution in [2.75, 3.05) is 13.1 Å². The van der Waals surface area contributed by atoms with E-state index in [0.29, 0.717) is 5.41 Å². The van der Waals surface area contributed by atoms with Crippen molar-refractivity contribution in [3.8, 4) is 0 Å². The minimum absolute atomic E-state index is 0.397. The van der Waals surface area contributed by atoms with Crippen molar-refractivity contribution in [2.45, 2.75) is 59.3 Å². The molecule has 0 aliphatic rings. The van der Waals surface area contributed by atoms with Crippen molar-refractivity contribution in [1.82, 2.24) is 15.1 Å². The maximum Gasteiger partial charge on any atom is 0.0521 e. The van der Waals surface area contributed by atoms with Crippen LogP contribution in [-0.4, -0.2) is 22.9 Å². The van der Waals surface area contributed by atoms with Crippen LogP contribution in [0.4, 0.5) is 0 Å². The number of nitrogens with zero attached hydrogens (tertiary/aromatic N) is 2. The van der Waals surface area contributed by atoms with Gasteiger partial charge in [-0.15, -0.1) is 0 Å². The first-order valence-corrected chi connectivity index (χ1v) is 7.84. The summed E-state index contributed by atoms with van der Waals surface area (Å²) < 4.78 is 1.91. The van der Waals surface area contributed by atoms with E-state index in [9.17, 15) is 0 Å². The van der Waals surface area contributed by atoms with Gasteiger partial charge in [0.25, 0.3) is 0 Å². The molecule has 0 aliphatic carbocycles. The summed E-state index contributed by atoms with van der Waals surface area (Å²) in [7, 11) is 2.00. The number of aryl methyl sites for hydroxylation is 1. The molecular formula is C16H31N3. The number of rotatable bonds is 10. The maximum atomic E-state index is 4.31. The van der Waals surface area contributed by atoms with Crippen LogP contribution < -0.4 is 5.32 Å². The highest BCUT2D eigenvalue weighted by Crippen LogP contribution is 2.32. The van der Waals surface area contributed by atoms with Crippen molar-refractivity contribution < 1.29 is 0 Å². The van der Waals surface area contributed by atoms with Crippen molar-refractivity contribution >= 4 is 0 Å². The lowest BCUT2D eigenvalue weighted by atomic mass is 9.75. The maximum absolute atomic E-state index is 4.31. The van der Waals surface area contributed by atoms with Crippen molar-refractivity contribution in [3.05, 3.63) is 18.0 Å². The molecule has 1 atom stereocenters. The molecule has 0 aliphatic heterocycles. The molecule has 0 radical (unpaired) electrons. The van der Waals surface area contributed by atoms with Gasteiger partial charge >= 0.3 is 0 Å². The Hall–Kier alpha value is -0.830. The Balaban J connectivity index is 2.69. The van der Waals surface area contributed by atoms with Crippen molar-refractivity contribution in [3.63, 3.8) is 0 Å². The topological polar surface area (TPSA) is 29.9 Å². The molecule has 0 saturated carbocycles. The summed E-state index contributed by atoms with van der Waals surface area (Å²) in [6.07, 6.45) is 11.7. The van der Waals surface area contributed by atoms with E-state index in [1.54, 1.807) is 0 Å². The van der Waals surface area contributed by atoms with Gasteiger partial charge in [0.2, 0.25) is 0 Å². The van der Waals surface area contributed by atoms with Crippen LogP contribution >= 0.6 is 0 Å². The fraction of sp³-hybridized carbons (Fsp3) is 0.812. The molecule has 110 valence electrons. The summed E-state index contributed by atoms with van der Waals surface area (Å²) in [6.45, 7) is 9.10. The second-order valence-electron chi connectivity index (χ2n) is 5.83. The normalized spacial score (nSPS) is 14.5. The molecule has 0 aromatic carbocycles. The third-order valence-electron chi connectivity index (χ3n) is 4.07. The first-order chi connectivity index (χ1) is 9.15. The Bertz CT molecular complexity index is 346. The van der Waals surface area contributed by atoms with Gasteiger partial charge in [0.1, 0.15) is 0 Å². The van der Waals surface area contributed by atoms with Gasteiger partial charge in [0.15, 0.2) is 0 Å². The van der Waals surface area contributed by atoms with Gasteiger partial charge in [-0.05, 0) is 43.2 Å². The summed E-state index contributed by atoms with van der Waals surface area (Å²) in [5.41, 5.74) is 1.77. The molecule has 0 amide bonds. The summed E-state index contributed by atoms with van der Waals surface area (Å²) in [5.74, 6) is 0. The lowest BCUT2D eigenvalue weighted by molar-refractivity contribution is 0.229. The predicted octanol–water partition coefficient (Wildman–Crippen LogP) is 3.55. The second-order valence-corrected chi connectivity index (χ2v) is 5.83. The van der Waals surface area contributed by atoms with E-state index in [1.165, 1.54) is 37.7 Å². The van der Waals surface area contributed by atoms with Gasteiger partial charge in [-0.25, -0.2) is 0 Å². The number of hydrogen-bond acceptors (Lipinski definition) is 2. The minimum atomic E-state index is 0.397. The van der Waals surface area contributed by atoms with Crippen molar-refractivity contribution in [1.29, 1.82) is 0 Å². The zero-order valence-electron chi connectivity index (χ0n) is 13.2. The molecule has 1 rings (SSSR count). The molecule has 1 N–H and O–H groups in total. The van der Waals surface area contributed by atoms with Gasteiger partial charge in [-0.3, -0.25) is 4.68 Å². The van der Waals surface area contributed by atoms with Crippen LogP contribution in [0.2, 0.25) is 0 Å². The number of nitrogens with one attached hydrogen (secondary N) is 1. The lowest BCUT2D eigenvalue weighted by Gasteiger charge is -2.33. The number of aromatic nitrogens is 2. The molecular weight excluding hydrogens is 234 g/mol. The van der Waals surface area contributed by atoms with Crippen molar-refractivity contribution in [2.24, 2.45) is 12.5 Å². The van der Waals surface area contributed by atoms with Crippen LogP contribution in [0.25, 0.3) is 0 Å². The Morgan fingerprint density at radius 3 is 2.58 bits per heavy atom. The quantitative estimate of drug-likeness (QED) is 0.656. The van der Waals surface area contributed by atoms with E-state index in [2.05, 4.69) is 37.4 Å². The Morgan fingerprint density at radius 2 is 2.05 bits per heavy atom. The van der Waals surface area contributed by atoms with Gasteiger partial charge < -0.3 is 5.32 Å². The summed E-state index contributed by atoms with van der Waals surface area (Å²) >= 11 is 0. The van der Waals surface area contributed by atoms with Crippen LogP contribution in [-0.2, 0) is 13.5 Å². The highest BCUT2D eigenvalue weighted by Gasteiger charge is 2.27. The smallest absolute Gasteiger partial charge is 0.0521 e. The van der Waals surface area contributed by atoms with Crippen LogP contribution in [0.3, 0.4) is 0 Å². The summed E-state index contributed by atoms with van der Waals surface area (Å²) in [4.78, 5) is 0. The molecule has 1 aromatic heterocycles. The van der Waals surface area contributed by atoms with E-state index in [0.717, 1.165) is 19.5 Å². The number of hydrogen-bond donors (Lipinski definition) is 1. The van der Waals surface area contributed by atoms with Gasteiger partial charge in [-0.1, -0.05) is 33.6 Å². The average molecular weight is 265 g/mol. The van der Waals surface area contributed by atoms with Gasteiger partial charge in [0.05, 0.1) is 6.20 Å². The van der Waals surface area contributed by atoms with E-state index in [1.807, 2.05) is 17.9 Å². The zero-order chi connectivity index (χ0) is 14.1. The third kappa shape index (κ3) is 5.35. The fourth-order valence-corrected chi connectivity index (χ4v) is 2.74. The first-order valence-electron chi connectivity index (χ1n) is 7.84. The fourth-order valence-electron chi connectivity index (χ4n) is 2.74. The highest BCUT2D eigenvalue weighted by atomic mass is 15.2. The average Bonchev–Trinajstić information content (AvgIpc) is 2.81. The van der Waals surface area contributed by atoms with E-state index in [-0.39, 0.29) is 0 Å². The summed E-state index contributed by atoms with van der Waals surface area (Å²) in [5, 5.41) is 7.94. The minimum Gasteiger partial charge on any atom is -0.316 e. The monoisotopic (exact) mass is 265 g/mol. The summed E-state index contributed by atoms with van der Waals surface area (Å²) in [6, 6.07) is 0. The zero-order valence-corrected chi connectivity index (χ0v) is 13.2. The molecule has 0 spiro atoms. The van der Waals surface area contributed by atoms with E-state index < -0.39 is 0 Å². The Labute approximate surface area is 118 Å². The first kappa shape index (κ1) is 16.2. The molecule has 0 bridgehead atoms. The highest BCUT2D eigenvalue weighted by molar-refractivity contribution is 5.08. The lowest BCUT2D eigenvalue weighted by Crippen LogP contribution is -2.36. The number of unbranched alkanes of at least 4 members (excludes halogenated alkanes) is 1. The molecule has 0 fully saturated rings. The molecule has 1 aromatic rings. The van der Waals surface area contributed by atoms with Gasteiger partial charge in [0, 0.05) is 19.8 Å². The second kappa shape index (κ2) is 8.36. The van der Waals surface area contributed by atoms with E-state index >= 15 is 0 Å². The predicted molar refractivity (Wildman–Crippen MR) is 82.3 cm³/mol. The van der Waals surface area contributed by atoms with Crippen LogP contribution in [0.1, 0.15) is 58.4 Å². The largest absolute Gasteiger partial charge is 0.316 e. The molecule has 19 heavy (non-hydrogen) atoms. The molecule has 3 nitrogen and oxygen atoms in total. The molecule has 1 unspecified atom stereocenters. The van der Waals surface area contributed by atoms with Crippen LogP contribution in [0, 0.1) is 5.41 Å². The molecule has 3 heteroatoms. The standard InChI is InChI=1S/C16H31N3/c1-5-8-9-16(7-3,14-17-10-6-2)11-15-12-18-19(4)13-15/h12-13,17H,5-11,14H2,1-4H3. The van der Waals surface area contributed by atoms with Crippen LogP contribution in [0.15, 0.2) is 12.4 Å². The Kier molecular flexibility index (Phi) is 7.14. The third-order valence-corrected chi connectivity index (χ3v) is 4.07. The van der Waals surface area contributed by atoms with Gasteiger partial charge in [-0.2, -0.15) is 5.10 Å². The Morgan fingerprint density at radius 1 is 1.26 bits per heavy atom. The molecule has 1 heterocycles. The SMILES string of the molecule is CCCCC(CC)(CNCCC)Cc1cnn(C)c1. The van der Waals surface area contributed by atoms with Crippen LogP contribution in [0.5, 0.6) is 0 Å². The molecule has 0 saturated heterocycles. The van der Waals surface area contributed by atoms with E-state index in [4.69, 9.17) is 0 Å².